The second-order valence-electron chi connectivity index (χ2n) is 2.43. The molecule has 0 aliphatic carbocycles. The Morgan fingerprint density at radius 1 is 1.27 bits per heavy atom. The molecule has 3 heteroatoms. The van der Waals surface area contributed by atoms with Gasteiger partial charge in [-0.2, -0.15) is 0 Å². The number of nitrogens with one attached hydrogen (secondary N) is 2. The topological polar surface area (TPSA) is 24.1 Å². The summed E-state index contributed by atoms with van der Waals surface area (Å²) in [6.45, 7) is 6.28. The van der Waals surface area contributed by atoms with Gasteiger partial charge in [0.25, 0.3) is 0 Å². The van der Waals surface area contributed by atoms with Gasteiger partial charge in [0, 0.05) is 10.2 Å². The molecule has 0 saturated carbocycles. The summed E-state index contributed by atoms with van der Waals surface area (Å²) >= 11 is 0. The molecule has 0 unspecified atom stereocenters. The van der Waals surface area contributed by atoms with Crippen molar-refractivity contribution in [2.45, 2.75) is 26.1 Å². The number of rotatable bonds is 6. The van der Waals surface area contributed by atoms with Crippen molar-refractivity contribution in [1.29, 1.82) is 0 Å². The van der Waals surface area contributed by atoms with Crippen LogP contribution in [0.25, 0.3) is 0 Å². The van der Waals surface area contributed by atoms with E-state index in [1.54, 1.807) is 0 Å². The van der Waals surface area contributed by atoms with Gasteiger partial charge in [0.2, 0.25) is 0 Å². The van der Waals surface area contributed by atoms with Gasteiger partial charge < -0.3 is 0 Å². The van der Waals surface area contributed by atoms with Gasteiger partial charge in [-0.25, -0.2) is 0 Å². The summed E-state index contributed by atoms with van der Waals surface area (Å²) in [5.41, 5.74) is 0. The predicted octanol–water partition coefficient (Wildman–Crippen LogP) is -0.129. The average Bonchev–Trinajstić information content (AvgIpc) is 2.01. The third kappa shape index (κ3) is 6.28. The van der Waals surface area contributed by atoms with Crippen molar-refractivity contribution in [3.63, 3.8) is 0 Å². The minimum absolute atomic E-state index is 0.374. The molecule has 0 saturated heterocycles. The molecular formula is C8H20N2Si. The summed E-state index contributed by atoms with van der Waals surface area (Å²) in [4.78, 5) is 0. The zero-order valence-corrected chi connectivity index (χ0v) is 9.85. The molecule has 0 heterocycles. The summed E-state index contributed by atoms with van der Waals surface area (Å²) in [5, 5.41) is 6.67. The first kappa shape index (κ1) is 10.9. The molecule has 0 fully saturated rings. The molecule has 0 aromatic rings. The van der Waals surface area contributed by atoms with Crippen LogP contribution in [0.5, 0.6) is 0 Å². The Bertz CT molecular complexity index is 98.3. The van der Waals surface area contributed by atoms with Gasteiger partial charge in [-0.1, -0.05) is 26.0 Å². The summed E-state index contributed by atoms with van der Waals surface area (Å²) in [6.07, 6.45) is 4.82. The lowest BCUT2D eigenvalue weighted by Crippen LogP contribution is -2.40. The van der Waals surface area contributed by atoms with Crippen molar-refractivity contribution in [2.75, 3.05) is 13.1 Å². The van der Waals surface area contributed by atoms with Crippen molar-refractivity contribution >= 4 is 10.2 Å². The molecular weight excluding hydrogens is 152 g/mol. The minimum Gasteiger partial charge on any atom is -0.299 e. The van der Waals surface area contributed by atoms with Crippen LogP contribution in [0, 0.1) is 0 Å². The maximum absolute atomic E-state index is 3.34. The van der Waals surface area contributed by atoms with Gasteiger partial charge in [0.1, 0.15) is 0 Å². The van der Waals surface area contributed by atoms with Crippen LogP contribution >= 0.6 is 0 Å². The van der Waals surface area contributed by atoms with Crippen LogP contribution in [0.2, 0.25) is 6.04 Å². The normalized spacial score (nSPS) is 11.9. The van der Waals surface area contributed by atoms with E-state index >= 15 is 0 Å². The van der Waals surface area contributed by atoms with E-state index in [4.69, 9.17) is 0 Å². The lowest BCUT2D eigenvalue weighted by molar-refractivity contribution is 0.519. The summed E-state index contributed by atoms with van der Waals surface area (Å²) in [6, 6.07) is 1.24. The maximum atomic E-state index is 3.34. The van der Waals surface area contributed by atoms with Gasteiger partial charge in [-0.05, 0) is 19.1 Å². The number of hydrogen-bond acceptors (Lipinski definition) is 2. The Kier molecular flexibility index (Phi) is 7.89. The largest absolute Gasteiger partial charge is 0.299 e. The second kappa shape index (κ2) is 7.98. The predicted molar refractivity (Wildman–Crippen MR) is 55.0 cm³/mol. The van der Waals surface area contributed by atoms with E-state index in [9.17, 15) is 0 Å². The van der Waals surface area contributed by atoms with Crippen LogP contribution < -0.4 is 10.6 Å². The molecule has 0 rings (SSSR count). The van der Waals surface area contributed by atoms with Crippen LogP contribution in [-0.2, 0) is 0 Å². The standard InChI is InChI=1S/C8H20N2Si/c1-3-9-8(10-4-2)6-5-7-11/h5-6,8-10H,3-4,7H2,1-2,11H3. The van der Waals surface area contributed by atoms with Crippen LogP contribution in [-0.4, -0.2) is 29.5 Å². The van der Waals surface area contributed by atoms with E-state index < -0.39 is 0 Å². The summed E-state index contributed by atoms with van der Waals surface area (Å²) in [7, 11) is 1.26. The third-order valence-corrected chi connectivity index (χ3v) is 1.88. The number of allylic oxidation sites excluding steroid dienone is 1. The second-order valence-corrected chi connectivity index (χ2v) is 3.25. The zero-order chi connectivity index (χ0) is 8.53. The highest BCUT2D eigenvalue weighted by Gasteiger charge is 1.96. The maximum Gasteiger partial charge on any atom is 0.0763 e. The first-order chi connectivity index (χ1) is 5.35. The summed E-state index contributed by atoms with van der Waals surface area (Å²) < 4.78 is 0. The highest BCUT2D eigenvalue weighted by molar-refractivity contribution is 6.09. The molecule has 66 valence electrons. The Balaban J connectivity index is 3.58. The first-order valence-corrected chi connectivity index (χ1v) is 5.89. The fraction of sp³-hybridized carbons (Fsp3) is 0.750. The number of likely N-dealkylation sites (N-methyl/N-ethyl adjacent to an activating group) is 2. The van der Waals surface area contributed by atoms with Crippen molar-refractivity contribution in [2.24, 2.45) is 0 Å². The Labute approximate surface area is 72.9 Å². The van der Waals surface area contributed by atoms with Crippen LogP contribution in [0.1, 0.15) is 13.8 Å². The highest BCUT2D eigenvalue weighted by Crippen LogP contribution is 1.83. The lowest BCUT2D eigenvalue weighted by Gasteiger charge is -2.13. The van der Waals surface area contributed by atoms with Gasteiger partial charge in [0.15, 0.2) is 0 Å². The molecule has 0 aliphatic heterocycles. The average molecular weight is 172 g/mol. The quantitative estimate of drug-likeness (QED) is 0.331. The highest BCUT2D eigenvalue weighted by atomic mass is 28.1. The van der Waals surface area contributed by atoms with Crippen LogP contribution in [0.4, 0.5) is 0 Å². The van der Waals surface area contributed by atoms with E-state index in [2.05, 4.69) is 36.6 Å². The van der Waals surface area contributed by atoms with Crippen molar-refractivity contribution < 1.29 is 0 Å². The minimum atomic E-state index is 0.374. The molecule has 0 bridgehead atoms. The van der Waals surface area contributed by atoms with Gasteiger partial charge in [0.05, 0.1) is 6.17 Å². The van der Waals surface area contributed by atoms with E-state index in [-0.39, 0.29) is 0 Å². The van der Waals surface area contributed by atoms with Crippen molar-refractivity contribution in [3.05, 3.63) is 12.2 Å². The molecule has 0 radical (unpaired) electrons. The van der Waals surface area contributed by atoms with E-state index in [1.165, 1.54) is 16.3 Å². The lowest BCUT2D eigenvalue weighted by atomic mass is 10.4. The number of hydrogen-bond donors (Lipinski definition) is 2. The molecule has 0 aromatic carbocycles. The molecule has 2 nitrogen and oxygen atoms in total. The molecule has 0 aliphatic rings. The Morgan fingerprint density at radius 3 is 2.18 bits per heavy atom. The molecule has 0 aromatic heterocycles. The SMILES string of the molecule is CCNC(C=CC[SiH3])NCC. The molecule has 0 spiro atoms. The third-order valence-electron chi connectivity index (χ3n) is 1.41. The molecule has 0 atom stereocenters. The molecule has 2 N–H and O–H groups in total. The Morgan fingerprint density at radius 2 is 1.82 bits per heavy atom. The van der Waals surface area contributed by atoms with E-state index in [0.717, 1.165) is 13.1 Å². The fourth-order valence-corrected chi connectivity index (χ4v) is 1.19. The first-order valence-electron chi connectivity index (χ1n) is 4.48. The van der Waals surface area contributed by atoms with Crippen molar-refractivity contribution in [3.8, 4) is 0 Å². The molecule has 11 heavy (non-hydrogen) atoms. The Hall–Kier alpha value is -0.123. The summed E-state index contributed by atoms with van der Waals surface area (Å²) in [5.74, 6) is 0. The van der Waals surface area contributed by atoms with Gasteiger partial charge >= 0.3 is 0 Å². The fourth-order valence-electron chi connectivity index (χ4n) is 0.920. The van der Waals surface area contributed by atoms with E-state index in [1.807, 2.05) is 0 Å². The van der Waals surface area contributed by atoms with Crippen molar-refractivity contribution in [1.82, 2.24) is 10.6 Å². The monoisotopic (exact) mass is 172 g/mol. The van der Waals surface area contributed by atoms with Crippen LogP contribution in [0.15, 0.2) is 12.2 Å². The van der Waals surface area contributed by atoms with Gasteiger partial charge in [-0.15, -0.1) is 0 Å². The van der Waals surface area contributed by atoms with Crippen LogP contribution in [0.3, 0.4) is 0 Å². The smallest absolute Gasteiger partial charge is 0.0763 e. The molecule has 0 amide bonds. The van der Waals surface area contributed by atoms with Gasteiger partial charge in [-0.3, -0.25) is 10.6 Å². The zero-order valence-electron chi connectivity index (χ0n) is 7.85. The van der Waals surface area contributed by atoms with E-state index in [0.29, 0.717) is 6.17 Å².